The lowest BCUT2D eigenvalue weighted by atomic mass is 10.1. The molecule has 1 fully saturated rings. The molecule has 6 heteroatoms. The maximum atomic E-state index is 13.0. The molecule has 0 unspecified atom stereocenters. The molecule has 0 saturated carbocycles. The molecule has 0 aliphatic carbocycles. The summed E-state index contributed by atoms with van der Waals surface area (Å²) in [5.74, 6) is -0.905. The Kier molecular flexibility index (Phi) is 5.74. The van der Waals surface area contributed by atoms with Crippen LogP contribution in [0.15, 0.2) is 42.5 Å². The molecular formula is C21H24FN3O2. The second kappa shape index (κ2) is 8.20. The smallest absolute Gasteiger partial charge is 0.255 e. The predicted octanol–water partition coefficient (Wildman–Crippen LogP) is 3.82. The molecule has 1 aliphatic rings. The van der Waals surface area contributed by atoms with Gasteiger partial charge in [-0.25, -0.2) is 4.39 Å². The Bertz CT molecular complexity index is 828. The summed E-state index contributed by atoms with van der Waals surface area (Å²) in [5.41, 5.74) is 2.31. The highest BCUT2D eigenvalue weighted by atomic mass is 19.1. The Hall–Kier alpha value is -2.89. The molecule has 0 bridgehead atoms. The van der Waals surface area contributed by atoms with E-state index in [2.05, 4.69) is 15.5 Å². The fourth-order valence-corrected chi connectivity index (χ4v) is 3.17. The van der Waals surface area contributed by atoms with E-state index in [0.29, 0.717) is 16.8 Å². The number of anilines is 2. The van der Waals surface area contributed by atoms with Gasteiger partial charge in [0.15, 0.2) is 0 Å². The third-order valence-electron chi connectivity index (χ3n) is 4.47. The van der Waals surface area contributed by atoms with Crippen molar-refractivity contribution in [2.45, 2.75) is 32.7 Å². The van der Waals surface area contributed by atoms with Gasteiger partial charge in [0.2, 0.25) is 0 Å². The Morgan fingerprint density at radius 2 is 1.67 bits per heavy atom. The highest BCUT2D eigenvalue weighted by molar-refractivity contribution is 6.06. The summed E-state index contributed by atoms with van der Waals surface area (Å²) in [5, 5.41) is 5.71. The van der Waals surface area contributed by atoms with Gasteiger partial charge in [0.25, 0.3) is 11.8 Å². The molecule has 1 aliphatic heterocycles. The first-order valence-electron chi connectivity index (χ1n) is 9.21. The van der Waals surface area contributed by atoms with Crippen LogP contribution in [0, 0.1) is 5.82 Å². The lowest BCUT2D eigenvalue weighted by Crippen LogP contribution is -2.32. The van der Waals surface area contributed by atoms with Gasteiger partial charge in [-0.1, -0.05) is 0 Å². The number of benzene rings is 2. The summed E-state index contributed by atoms with van der Waals surface area (Å²) in [6.45, 7) is 5.66. The van der Waals surface area contributed by atoms with Gasteiger partial charge in [0.05, 0.1) is 5.56 Å². The number of rotatable bonds is 5. The number of hydrogen-bond donors (Lipinski definition) is 2. The van der Waals surface area contributed by atoms with Gasteiger partial charge in [-0.2, -0.15) is 0 Å². The quantitative estimate of drug-likeness (QED) is 0.842. The highest BCUT2D eigenvalue weighted by Gasteiger charge is 2.21. The van der Waals surface area contributed by atoms with E-state index in [1.165, 1.54) is 24.3 Å². The molecule has 2 aromatic rings. The molecule has 27 heavy (non-hydrogen) atoms. The van der Waals surface area contributed by atoms with Crippen molar-refractivity contribution in [2.75, 3.05) is 23.3 Å². The highest BCUT2D eigenvalue weighted by Crippen LogP contribution is 2.28. The maximum Gasteiger partial charge on any atom is 0.255 e. The first kappa shape index (κ1) is 18.9. The average Bonchev–Trinajstić information content (AvgIpc) is 3.16. The average molecular weight is 369 g/mol. The molecule has 2 amide bonds. The van der Waals surface area contributed by atoms with Gasteiger partial charge in [0.1, 0.15) is 5.82 Å². The van der Waals surface area contributed by atoms with Gasteiger partial charge >= 0.3 is 0 Å². The van der Waals surface area contributed by atoms with Crippen LogP contribution in [0.5, 0.6) is 0 Å². The summed E-state index contributed by atoms with van der Waals surface area (Å²) >= 11 is 0. The van der Waals surface area contributed by atoms with Crippen molar-refractivity contribution in [3.63, 3.8) is 0 Å². The van der Waals surface area contributed by atoms with Crippen molar-refractivity contribution in [1.82, 2.24) is 5.32 Å². The zero-order valence-electron chi connectivity index (χ0n) is 15.6. The third-order valence-corrected chi connectivity index (χ3v) is 4.47. The fraction of sp³-hybridized carbons (Fsp3) is 0.333. The van der Waals surface area contributed by atoms with E-state index in [4.69, 9.17) is 0 Å². The molecule has 0 spiro atoms. The number of carbonyl (C=O) groups excluding carboxylic acids is 2. The normalized spacial score (nSPS) is 13.7. The second-order valence-corrected chi connectivity index (χ2v) is 7.02. The van der Waals surface area contributed by atoms with Crippen LogP contribution < -0.4 is 15.5 Å². The van der Waals surface area contributed by atoms with E-state index in [-0.39, 0.29) is 17.9 Å². The minimum absolute atomic E-state index is 0.0152. The van der Waals surface area contributed by atoms with Crippen LogP contribution in [0.1, 0.15) is 47.4 Å². The summed E-state index contributed by atoms with van der Waals surface area (Å²) < 4.78 is 13.0. The van der Waals surface area contributed by atoms with Crippen molar-refractivity contribution >= 4 is 23.2 Å². The minimum Gasteiger partial charge on any atom is -0.371 e. The standard InChI is InChI=1S/C21H24FN3O2/c1-14(2)23-21(27)18-13-17(9-10-19(18)25-11-3-4-12-25)24-20(26)15-5-7-16(22)8-6-15/h5-10,13-14H,3-4,11-12H2,1-2H3,(H,23,27)(H,24,26). The maximum absolute atomic E-state index is 13.0. The van der Waals surface area contributed by atoms with Gasteiger partial charge in [-0.3, -0.25) is 9.59 Å². The van der Waals surface area contributed by atoms with Crippen LogP contribution in [0.25, 0.3) is 0 Å². The monoisotopic (exact) mass is 369 g/mol. The summed E-state index contributed by atoms with van der Waals surface area (Å²) in [6.07, 6.45) is 2.21. The van der Waals surface area contributed by atoms with Crippen LogP contribution in [0.3, 0.4) is 0 Å². The van der Waals surface area contributed by atoms with Crippen LogP contribution >= 0.6 is 0 Å². The van der Waals surface area contributed by atoms with Crippen LogP contribution in [0.2, 0.25) is 0 Å². The van der Waals surface area contributed by atoms with Crippen molar-refractivity contribution in [3.05, 3.63) is 59.4 Å². The molecule has 0 radical (unpaired) electrons. The minimum atomic E-state index is -0.394. The lowest BCUT2D eigenvalue weighted by molar-refractivity contribution is 0.0942. The number of nitrogens with one attached hydrogen (secondary N) is 2. The molecule has 1 saturated heterocycles. The van der Waals surface area contributed by atoms with Crippen molar-refractivity contribution in [2.24, 2.45) is 0 Å². The summed E-state index contributed by atoms with van der Waals surface area (Å²) in [7, 11) is 0. The number of nitrogens with zero attached hydrogens (tertiary/aromatic N) is 1. The Labute approximate surface area is 158 Å². The zero-order valence-corrected chi connectivity index (χ0v) is 15.6. The fourth-order valence-electron chi connectivity index (χ4n) is 3.17. The SMILES string of the molecule is CC(C)NC(=O)c1cc(NC(=O)c2ccc(F)cc2)ccc1N1CCCC1. The number of carbonyl (C=O) groups is 2. The Balaban J connectivity index is 1.86. The molecule has 1 heterocycles. The molecule has 0 aromatic heterocycles. The molecule has 3 rings (SSSR count). The zero-order chi connectivity index (χ0) is 19.4. The van der Waals surface area contributed by atoms with Crippen molar-refractivity contribution in [3.8, 4) is 0 Å². The lowest BCUT2D eigenvalue weighted by Gasteiger charge is -2.22. The second-order valence-electron chi connectivity index (χ2n) is 7.02. The van der Waals surface area contributed by atoms with E-state index in [1.807, 2.05) is 19.9 Å². The van der Waals surface area contributed by atoms with Crippen LogP contribution in [0.4, 0.5) is 15.8 Å². The van der Waals surface area contributed by atoms with Gasteiger partial charge in [-0.15, -0.1) is 0 Å². The first-order chi connectivity index (χ1) is 12.9. The molecule has 0 atom stereocenters. The molecule has 2 N–H and O–H groups in total. The Morgan fingerprint density at radius 3 is 2.30 bits per heavy atom. The number of halogens is 1. The van der Waals surface area contributed by atoms with E-state index in [0.717, 1.165) is 31.6 Å². The number of amides is 2. The van der Waals surface area contributed by atoms with Crippen molar-refractivity contribution in [1.29, 1.82) is 0 Å². The van der Waals surface area contributed by atoms with E-state index in [1.54, 1.807) is 12.1 Å². The summed E-state index contributed by atoms with van der Waals surface area (Å²) in [4.78, 5) is 27.3. The topological polar surface area (TPSA) is 61.4 Å². The Morgan fingerprint density at radius 1 is 1.00 bits per heavy atom. The van der Waals surface area contributed by atoms with E-state index < -0.39 is 5.82 Å². The molecule has 5 nitrogen and oxygen atoms in total. The van der Waals surface area contributed by atoms with Gasteiger partial charge in [0, 0.05) is 36.1 Å². The van der Waals surface area contributed by atoms with Gasteiger partial charge < -0.3 is 15.5 Å². The molecular weight excluding hydrogens is 345 g/mol. The summed E-state index contributed by atoms with van der Waals surface area (Å²) in [6, 6.07) is 10.7. The predicted molar refractivity (Wildman–Crippen MR) is 105 cm³/mol. The van der Waals surface area contributed by atoms with Gasteiger partial charge in [-0.05, 0) is 69.2 Å². The van der Waals surface area contributed by atoms with Crippen LogP contribution in [-0.2, 0) is 0 Å². The number of hydrogen-bond acceptors (Lipinski definition) is 3. The third kappa shape index (κ3) is 4.64. The van der Waals surface area contributed by atoms with E-state index in [9.17, 15) is 14.0 Å². The van der Waals surface area contributed by atoms with E-state index >= 15 is 0 Å². The van der Waals surface area contributed by atoms with Crippen LogP contribution in [-0.4, -0.2) is 30.9 Å². The molecule has 142 valence electrons. The first-order valence-corrected chi connectivity index (χ1v) is 9.21. The molecule has 2 aromatic carbocycles. The largest absolute Gasteiger partial charge is 0.371 e. The van der Waals surface area contributed by atoms with Crippen molar-refractivity contribution < 1.29 is 14.0 Å².